The molecule has 3 heteroatoms. The van der Waals surface area contributed by atoms with E-state index in [0.29, 0.717) is 5.88 Å². The molecule has 1 rings (SSSR count). The summed E-state index contributed by atoms with van der Waals surface area (Å²) in [6, 6.07) is 0. The number of aromatic nitrogens is 1. The molecule has 0 fully saturated rings. The van der Waals surface area contributed by atoms with E-state index in [4.69, 9.17) is 4.74 Å². The van der Waals surface area contributed by atoms with Gasteiger partial charge in [-0.2, -0.15) is 0 Å². The molecule has 2 nitrogen and oxygen atoms in total. The van der Waals surface area contributed by atoms with E-state index in [0.717, 1.165) is 0 Å². The summed E-state index contributed by atoms with van der Waals surface area (Å²) in [7, 11) is 0. The van der Waals surface area contributed by atoms with Crippen LogP contribution < -0.4 is 4.74 Å². The third-order valence-electron chi connectivity index (χ3n) is 0.614. The lowest BCUT2D eigenvalue weighted by Crippen LogP contribution is -1.76. The van der Waals surface area contributed by atoms with Crippen molar-refractivity contribution in [3.05, 3.63) is 23.7 Å². The van der Waals surface area contributed by atoms with Crippen LogP contribution in [0.15, 0.2) is 23.7 Å². The number of ether oxygens (including phenoxy) is 1. The summed E-state index contributed by atoms with van der Waals surface area (Å²) in [5.74, 6) is 0.616. The van der Waals surface area contributed by atoms with Crippen molar-refractivity contribution in [2.45, 2.75) is 0 Å². The van der Waals surface area contributed by atoms with Crippen LogP contribution in [-0.4, -0.2) is 4.98 Å². The van der Waals surface area contributed by atoms with Crippen LogP contribution in [0.4, 0.5) is 0 Å². The minimum atomic E-state index is 0.616. The van der Waals surface area contributed by atoms with Gasteiger partial charge in [0.25, 0.3) is 0 Å². The number of hydrogen-bond acceptors (Lipinski definition) is 3. The molecule has 0 bridgehead atoms. The fourth-order valence-electron chi connectivity index (χ4n) is 0.345. The Hall–Kier alpha value is -0.830. The van der Waals surface area contributed by atoms with Crippen LogP contribution >= 0.6 is 11.3 Å². The lowest BCUT2D eigenvalue weighted by molar-refractivity contribution is 0.467. The molecule has 0 aliphatic carbocycles. The Kier molecular flexibility index (Phi) is 1.64. The smallest absolute Gasteiger partial charge is 0.229 e. The van der Waals surface area contributed by atoms with Gasteiger partial charge in [0.15, 0.2) is 0 Å². The largest absolute Gasteiger partial charge is 0.447 e. The Balaban J connectivity index is 2.62. The van der Waals surface area contributed by atoms with Gasteiger partial charge in [0.2, 0.25) is 5.88 Å². The summed E-state index contributed by atoms with van der Waals surface area (Å²) >= 11 is 1.50. The first-order chi connectivity index (χ1) is 3.93. The highest BCUT2D eigenvalue weighted by molar-refractivity contribution is 7.07. The summed E-state index contributed by atoms with van der Waals surface area (Å²) in [4.78, 5) is 3.83. The van der Waals surface area contributed by atoms with E-state index < -0.39 is 0 Å². The zero-order valence-electron chi connectivity index (χ0n) is 4.20. The molecule has 0 saturated carbocycles. The lowest BCUT2D eigenvalue weighted by Gasteiger charge is -1.86. The summed E-state index contributed by atoms with van der Waals surface area (Å²) < 4.78 is 4.81. The summed E-state index contributed by atoms with van der Waals surface area (Å²) in [5.41, 5.74) is 1.71. The van der Waals surface area contributed by atoms with Gasteiger partial charge in [0, 0.05) is 0 Å². The van der Waals surface area contributed by atoms with Crippen LogP contribution in [0.3, 0.4) is 0 Å². The molecule has 0 N–H and O–H groups in total. The van der Waals surface area contributed by atoms with E-state index >= 15 is 0 Å². The number of nitrogens with zero attached hydrogens (tertiary/aromatic N) is 1. The van der Waals surface area contributed by atoms with E-state index in [9.17, 15) is 0 Å². The Bertz CT molecular complexity index is 159. The number of rotatable bonds is 2. The molecule has 0 aromatic carbocycles. The molecule has 0 aliphatic rings. The van der Waals surface area contributed by atoms with Gasteiger partial charge in [-0.3, -0.25) is 0 Å². The van der Waals surface area contributed by atoms with Gasteiger partial charge in [0.1, 0.15) is 0 Å². The van der Waals surface area contributed by atoms with E-state index in [2.05, 4.69) is 11.6 Å². The maximum atomic E-state index is 4.81. The van der Waals surface area contributed by atoms with Crippen molar-refractivity contribution >= 4 is 11.3 Å². The van der Waals surface area contributed by atoms with E-state index in [1.54, 1.807) is 5.51 Å². The van der Waals surface area contributed by atoms with Crippen LogP contribution in [0.5, 0.6) is 5.88 Å². The van der Waals surface area contributed by atoms with Crippen molar-refractivity contribution in [2.24, 2.45) is 0 Å². The number of hydrogen-bond donors (Lipinski definition) is 0. The molecule has 1 aromatic rings. The normalized spacial score (nSPS) is 8.50. The van der Waals surface area contributed by atoms with Gasteiger partial charge < -0.3 is 4.74 Å². The standard InChI is InChI=1S/C5H5NOS/c1-2-7-5-3-8-4-6-5/h2-4H,1H2. The van der Waals surface area contributed by atoms with Crippen molar-refractivity contribution in [2.75, 3.05) is 0 Å². The highest BCUT2D eigenvalue weighted by Gasteiger charge is 1.86. The Morgan fingerprint density at radius 1 is 1.88 bits per heavy atom. The lowest BCUT2D eigenvalue weighted by atomic mass is 10.9. The summed E-state index contributed by atoms with van der Waals surface area (Å²) in [6.45, 7) is 3.38. The van der Waals surface area contributed by atoms with Gasteiger partial charge in [-0.25, -0.2) is 4.98 Å². The van der Waals surface area contributed by atoms with Crippen LogP contribution in [0.25, 0.3) is 0 Å². The zero-order valence-corrected chi connectivity index (χ0v) is 5.02. The predicted molar refractivity (Wildman–Crippen MR) is 32.9 cm³/mol. The molecule has 8 heavy (non-hydrogen) atoms. The van der Waals surface area contributed by atoms with Crippen LogP contribution in [-0.2, 0) is 0 Å². The highest BCUT2D eigenvalue weighted by Crippen LogP contribution is 2.08. The van der Waals surface area contributed by atoms with E-state index in [1.165, 1.54) is 17.6 Å². The van der Waals surface area contributed by atoms with Crippen LogP contribution in [0, 0.1) is 0 Å². The maximum Gasteiger partial charge on any atom is 0.229 e. The Morgan fingerprint density at radius 3 is 3.25 bits per heavy atom. The average Bonchev–Trinajstić information content (AvgIpc) is 2.19. The quantitative estimate of drug-likeness (QED) is 0.564. The molecule has 42 valence electrons. The van der Waals surface area contributed by atoms with E-state index in [-0.39, 0.29) is 0 Å². The second kappa shape index (κ2) is 2.47. The second-order valence-electron chi connectivity index (χ2n) is 1.11. The van der Waals surface area contributed by atoms with Gasteiger partial charge in [0.05, 0.1) is 17.2 Å². The molecule has 0 aliphatic heterocycles. The molecule has 0 saturated heterocycles. The summed E-state index contributed by atoms with van der Waals surface area (Å²) in [5, 5.41) is 1.81. The third-order valence-corrected chi connectivity index (χ3v) is 1.18. The average molecular weight is 127 g/mol. The predicted octanol–water partition coefficient (Wildman–Crippen LogP) is 1.67. The van der Waals surface area contributed by atoms with Crippen molar-refractivity contribution in [1.29, 1.82) is 0 Å². The van der Waals surface area contributed by atoms with Gasteiger partial charge >= 0.3 is 0 Å². The van der Waals surface area contributed by atoms with Crippen molar-refractivity contribution in [3.8, 4) is 5.88 Å². The molecule has 0 atom stereocenters. The highest BCUT2D eigenvalue weighted by atomic mass is 32.1. The Labute approximate surface area is 51.4 Å². The summed E-state index contributed by atoms with van der Waals surface area (Å²) in [6.07, 6.45) is 1.36. The topological polar surface area (TPSA) is 22.1 Å². The van der Waals surface area contributed by atoms with Crippen molar-refractivity contribution in [1.82, 2.24) is 4.98 Å². The zero-order chi connectivity index (χ0) is 5.82. The second-order valence-corrected chi connectivity index (χ2v) is 1.83. The molecular weight excluding hydrogens is 122 g/mol. The molecular formula is C5H5NOS. The molecule has 0 spiro atoms. The SMILES string of the molecule is C=COc1cscn1. The Morgan fingerprint density at radius 2 is 2.75 bits per heavy atom. The van der Waals surface area contributed by atoms with Crippen molar-refractivity contribution in [3.63, 3.8) is 0 Å². The van der Waals surface area contributed by atoms with Gasteiger partial charge in [-0.1, -0.05) is 6.58 Å². The fourth-order valence-corrected chi connectivity index (χ4v) is 0.803. The van der Waals surface area contributed by atoms with Crippen LogP contribution in [0.1, 0.15) is 0 Å². The monoisotopic (exact) mass is 127 g/mol. The first kappa shape index (κ1) is 5.31. The first-order valence-electron chi connectivity index (χ1n) is 2.09. The third kappa shape index (κ3) is 1.07. The molecule has 0 amide bonds. The molecule has 0 radical (unpaired) electrons. The van der Waals surface area contributed by atoms with Gasteiger partial charge in [-0.15, -0.1) is 11.3 Å². The van der Waals surface area contributed by atoms with Gasteiger partial charge in [-0.05, 0) is 0 Å². The van der Waals surface area contributed by atoms with E-state index in [1.807, 2.05) is 5.38 Å². The minimum absolute atomic E-state index is 0.616. The maximum absolute atomic E-state index is 4.81. The fraction of sp³-hybridized carbons (Fsp3) is 0. The molecule has 0 unspecified atom stereocenters. The van der Waals surface area contributed by atoms with Crippen molar-refractivity contribution < 1.29 is 4.74 Å². The minimum Gasteiger partial charge on any atom is -0.447 e. The first-order valence-corrected chi connectivity index (χ1v) is 3.03. The number of thiazole rings is 1. The van der Waals surface area contributed by atoms with Crippen LogP contribution in [0.2, 0.25) is 0 Å². The molecule has 1 aromatic heterocycles. The molecule has 1 heterocycles.